The molecule has 1 saturated carbocycles. The van der Waals surface area contributed by atoms with Crippen LogP contribution in [-0.4, -0.2) is 67.3 Å². The molecule has 208 valence electrons. The van der Waals surface area contributed by atoms with E-state index in [9.17, 15) is 18.0 Å². The van der Waals surface area contributed by atoms with Crippen molar-refractivity contribution in [3.63, 3.8) is 0 Å². The lowest BCUT2D eigenvalue weighted by Crippen LogP contribution is -2.50. The van der Waals surface area contributed by atoms with Crippen LogP contribution in [-0.2, 0) is 14.8 Å². The lowest BCUT2D eigenvalue weighted by atomic mass is 9.82. The Balaban J connectivity index is 1.40. The molecule has 38 heavy (non-hydrogen) atoms. The van der Waals surface area contributed by atoms with Crippen LogP contribution in [0.4, 0.5) is 0 Å². The number of aliphatic hydroxyl groups is 1. The Kier molecular flexibility index (Phi) is 8.74. The van der Waals surface area contributed by atoms with Crippen molar-refractivity contribution in [2.24, 2.45) is 16.8 Å². The molecule has 4 rings (SSSR count). The SMILES string of the molecule is Cc1cc(C(=O)NCCCO)cc(C)c1/C=C/S(=O)(=O)N1CCC2(CC1)N=C(C1CCC(C)CC1)NC2=O. The van der Waals surface area contributed by atoms with Gasteiger partial charge in [-0.3, -0.25) is 14.6 Å². The van der Waals surface area contributed by atoms with Crippen LogP contribution in [0.25, 0.3) is 6.08 Å². The first-order chi connectivity index (χ1) is 18.0. The van der Waals surface area contributed by atoms with Crippen molar-refractivity contribution in [3.8, 4) is 0 Å². The molecular weight excluding hydrogens is 504 g/mol. The Bertz CT molecular complexity index is 1200. The fraction of sp³-hybridized carbons (Fsp3) is 0.607. The number of amidine groups is 1. The number of hydrogen-bond acceptors (Lipinski definition) is 6. The van der Waals surface area contributed by atoms with Gasteiger partial charge < -0.3 is 15.7 Å². The largest absolute Gasteiger partial charge is 0.396 e. The summed E-state index contributed by atoms with van der Waals surface area (Å²) in [5, 5.41) is 15.9. The van der Waals surface area contributed by atoms with Gasteiger partial charge in [0.1, 0.15) is 11.4 Å². The Morgan fingerprint density at radius 3 is 2.42 bits per heavy atom. The molecule has 1 aromatic carbocycles. The van der Waals surface area contributed by atoms with Crippen molar-refractivity contribution in [2.75, 3.05) is 26.2 Å². The third-order valence-electron chi connectivity index (χ3n) is 8.19. The normalized spacial score (nSPS) is 24.0. The lowest BCUT2D eigenvalue weighted by molar-refractivity contribution is -0.125. The van der Waals surface area contributed by atoms with Gasteiger partial charge in [-0.1, -0.05) is 19.8 Å². The fourth-order valence-electron chi connectivity index (χ4n) is 5.71. The minimum Gasteiger partial charge on any atom is -0.396 e. The molecule has 2 fully saturated rings. The van der Waals surface area contributed by atoms with Gasteiger partial charge in [-0.05, 0) is 86.8 Å². The van der Waals surface area contributed by atoms with Crippen molar-refractivity contribution < 1.29 is 23.1 Å². The lowest BCUT2D eigenvalue weighted by Gasteiger charge is -2.34. The highest BCUT2D eigenvalue weighted by atomic mass is 32.2. The summed E-state index contributed by atoms with van der Waals surface area (Å²) in [7, 11) is -3.69. The van der Waals surface area contributed by atoms with Crippen molar-refractivity contribution in [2.45, 2.75) is 71.3 Å². The number of aliphatic hydroxyl groups excluding tert-OH is 1. The number of nitrogens with zero attached hydrogens (tertiary/aromatic N) is 2. The van der Waals surface area contributed by atoms with Crippen LogP contribution >= 0.6 is 0 Å². The van der Waals surface area contributed by atoms with Gasteiger partial charge >= 0.3 is 0 Å². The first-order valence-corrected chi connectivity index (χ1v) is 15.1. The van der Waals surface area contributed by atoms with E-state index in [1.165, 1.54) is 9.71 Å². The van der Waals surface area contributed by atoms with Gasteiger partial charge in [-0.25, -0.2) is 8.42 Å². The quantitative estimate of drug-likeness (QED) is 0.434. The maximum atomic E-state index is 13.1. The van der Waals surface area contributed by atoms with Crippen LogP contribution < -0.4 is 10.6 Å². The van der Waals surface area contributed by atoms with E-state index in [0.717, 1.165) is 48.2 Å². The number of amides is 2. The molecule has 2 heterocycles. The van der Waals surface area contributed by atoms with E-state index in [2.05, 4.69) is 17.6 Å². The Morgan fingerprint density at radius 2 is 1.82 bits per heavy atom. The highest BCUT2D eigenvalue weighted by molar-refractivity contribution is 7.92. The smallest absolute Gasteiger partial charge is 0.253 e. The number of carbonyl (C=O) groups excluding carboxylic acids is 2. The van der Waals surface area contributed by atoms with Gasteiger partial charge in [-0.2, -0.15) is 4.31 Å². The molecule has 9 nitrogen and oxygen atoms in total. The topological polar surface area (TPSA) is 128 Å². The number of rotatable bonds is 8. The molecule has 3 aliphatic rings. The molecule has 0 atom stereocenters. The van der Waals surface area contributed by atoms with Crippen LogP contribution in [0.15, 0.2) is 22.5 Å². The number of benzene rings is 1. The molecule has 1 saturated heterocycles. The highest BCUT2D eigenvalue weighted by Gasteiger charge is 2.48. The maximum Gasteiger partial charge on any atom is 0.253 e. The number of aliphatic imine (C=N–C) groups is 1. The fourth-order valence-corrected chi connectivity index (χ4v) is 6.88. The molecule has 3 N–H and O–H groups in total. The van der Waals surface area contributed by atoms with Crippen molar-refractivity contribution in [1.29, 1.82) is 0 Å². The van der Waals surface area contributed by atoms with E-state index in [1.807, 2.05) is 13.8 Å². The third-order valence-corrected chi connectivity index (χ3v) is 9.76. The molecule has 0 radical (unpaired) electrons. The van der Waals surface area contributed by atoms with E-state index in [1.54, 1.807) is 18.2 Å². The Morgan fingerprint density at radius 1 is 1.18 bits per heavy atom. The molecule has 1 aliphatic carbocycles. The maximum absolute atomic E-state index is 13.1. The number of piperidine rings is 1. The summed E-state index contributed by atoms with van der Waals surface area (Å²) in [6, 6.07) is 3.47. The minimum atomic E-state index is -3.69. The number of aryl methyl sites for hydroxylation is 2. The molecule has 1 aromatic rings. The van der Waals surface area contributed by atoms with Gasteiger partial charge in [0.2, 0.25) is 10.0 Å². The number of sulfonamides is 1. The van der Waals surface area contributed by atoms with Gasteiger partial charge in [0.05, 0.1) is 0 Å². The van der Waals surface area contributed by atoms with Crippen LogP contribution in [0.2, 0.25) is 0 Å². The summed E-state index contributed by atoms with van der Waals surface area (Å²) < 4.78 is 27.7. The van der Waals surface area contributed by atoms with E-state index >= 15 is 0 Å². The van der Waals surface area contributed by atoms with Crippen molar-refractivity contribution in [3.05, 3.63) is 39.8 Å². The molecule has 0 bridgehead atoms. The summed E-state index contributed by atoms with van der Waals surface area (Å²) in [5.74, 6) is 1.49. The second kappa shape index (κ2) is 11.7. The summed E-state index contributed by atoms with van der Waals surface area (Å²) >= 11 is 0. The third kappa shape index (κ3) is 6.18. The highest BCUT2D eigenvalue weighted by Crippen LogP contribution is 2.36. The molecule has 1 spiro atoms. The molecule has 10 heteroatoms. The summed E-state index contributed by atoms with van der Waals surface area (Å²) in [5.41, 5.74) is 1.98. The monoisotopic (exact) mass is 544 g/mol. The minimum absolute atomic E-state index is 0.00977. The number of hydrogen-bond donors (Lipinski definition) is 3. The van der Waals surface area contributed by atoms with E-state index in [4.69, 9.17) is 10.1 Å². The number of carbonyl (C=O) groups is 2. The Labute approximate surface area is 225 Å². The zero-order valence-corrected chi connectivity index (χ0v) is 23.4. The molecule has 0 aromatic heterocycles. The first kappa shape index (κ1) is 28.4. The van der Waals surface area contributed by atoms with Crippen LogP contribution in [0, 0.1) is 25.7 Å². The molecule has 0 unspecified atom stereocenters. The zero-order chi connectivity index (χ0) is 27.5. The van der Waals surface area contributed by atoms with Gasteiger partial charge in [0, 0.05) is 43.1 Å². The van der Waals surface area contributed by atoms with Gasteiger partial charge in [0.15, 0.2) is 0 Å². The van der Waals surface area contributed by atoms with E-state index in [-0.39, 0.29) is 31.5 Å². The predicted octanol–water partition coefficient (Wildman–Crippen LogP) is 2.91. The standard InChI is InChI=1S/C28H40N4O5S/c1-19-5-7-22(8-6-19)25-30-27(35)28(31-25)10-13-32(14-11-28)38(36,37)16-9-24-20(2)17-23(18-21(24)3)26(34)29-12-4-15-33/h9,16-19,22,33H,4-8,10-15H2,1-3H3,(H,29,34)(H,30,31,35)/b16-9+. The van der Waals surface area contributed by atoms with E-state index < -0.39 is 15.6 Å². The Hall–Kier alpha value is -2.56. The average molecular weight is 545 g/mol. The number of nitrogens with one attached hydrogen (secondary N) is 2. The van der Waals surface area contributed by atoms with Crippen LogP contribution in [0.5, 0.6) is 0 Å². The molecule has 2 amide bonds. The second-order valence-electron chi connectivity index (χ2n) is 11.0. The first-order valence-electron chi connectivity index (χ1n) is 13.6. The molecular formula is C28H40N4O5S. The van der Waals surface area contributed by atoms with E-state index in [0.29, 0.717) is 43.2 Å². The molecule has 2 aliphatic heterocycles. The van der Waals surface area contributed by atoms with Crippen molar-refractivity contribution >= 4 is 33.7 Å². The summed E-state index contributed by atoms with van der Waals surface area (Å²) in [6.45, 7) is 6.82. The summed E-state index contributed by atoms with van der Waals surface area (Å²) in [4.78, 5) is 30.1. The average Bonchev–Trinajstić information content (AvgIpc) is 3.19. The zero-order valence-electron chi connectivity index (χ0n) is 22.6. The van der Waals surface area contributed by atoms with Gasteiger partial charge in [0.25, 0.3) is 11.8 Å². The van der Waals surface area contributed by atoms with Crippen molar-refractivity contribution in [1.82, 2.24) is 14.9 Å². The second-order valence-corrected chi connectivity index (χ2v) is 12.9. The summed E-state index contributed by atoms with van der Waals surface area (Å²) in [6.07, 6.45) is 7.17. The van der Waals surface area contributed by atoms with Crippen LogP contribution in [0.1, 0.15) is 78.9 Å². The van der Waals surface area contributed by atoms with Crippen LogP contribution in [0.3, 0.4) is 0 Å². The van der Waals surface area contributed by atoms with Gasteiger partial charge in [-0.15, -0.1) is 0 Å². The predicted molar refractivity (Wildman–Crippen MR) is 148 cm³/mol.